The highest BCUT2D eigenvalue weighted by Gasteiger charge is 2.40. The normalized spacial score (nSPS) is 21.7. The van der Waals surface area contributed by atoms with E-state index in [1.807, 2.05) is 25.1 Å². The third-order valence-corrected chi connectivity index (χ3v) is 5.83. The summed E-state index contributed by atoms with van der Waals surface area (Å²) in [6.07, 6.45) is 3.94. The lowest BCUT2D eigenvalue weighted by Gasteiger charge is -2.25. The van der Waals surface area contributed by atoms with E-state index < -0.39 is 0 Å². The first-order valence-corrected chi connectivity index (χ1v) is 9.87. The van der Waals surface area contributed by atoms with E-state index in [4.69, 9.17) is 0 Å². The van der Waals surface area contributed by atoms with Crippen LogP contribution in [-0.4, -0.2) is 33.7 Å². The van der Waals surface area contributed by atoms with E-state index in [0.29, 0.717) is 6.42 Å². The Labute approximate surface area is 167 Å². The largest absolute Gasteiger partial charge is 0.351 e. The second-order valence-electron chi connectivity index (χ2n) is 7.87. The van der Waals surface area contributed by atoms with Crippen molar-refractivity contribution in [3.63, 3.8) is 0 Å². The minimum Gasteiger partial charge on any atom is -0.351 e. The number of carbonyl (C=O) groups is 2. The van der Waals surface area contributed by atoms with E-state index in [0.717, 1.165) is 35.1 Å². The predicted octanol–water partition coefficient (Wildman–Crippen LogP) is 3.18. The third-order valence-electron chi connectivity index (χ3n) is 5.83. The molecule has 2 aromatic carbocycles. The van der Waals surface area contributed by atoms with Crippen LogP contribution in [0.15, 0.2) is 48.7 Å². The number of rotatable bonds is 4. The number of nitrogens with one attached hydrogen (secondary N) is 1. The fourth-order valence-corrected chi connectivity index (χ4v) is 4.02. The number of hydrogen-bond donors (Lipinski definition) is 1. The second-order valence-corrected chi connectivity index (χ2v) is 7.87. The van der Waals surface area contributed by atoms with Crippen LogP contribution >= 0.6 is 0 Å². The van der Waals surface area contributed by atoms with Crippen LogP contribution in [0.25, 0.3) is 16.6 Å². The monoisotopic (exact) mass is 392 g/mol. The zero-order valence-corrected chi connectivity index (χ0v) is 16.0. The van der Waals surface area contributed by atoms with Crippen molar-refractivity contribution in [3.8, 4) is 5.69 Å². The molecule has 2 amide bonds. The standard InChI is InChI=1S/C22H21FN4O2/c1-13-19(25-22(29)14-2-3-14)11-21(28)26(13)18-8-9-20-15(10-18)12-24-27(20)17-6-4-16(23)5-7-17/h4-10,12-14,19H,2-3,11H2,1H3,(H,25,29)/t13-,19+/m0/s1. The molecular weight excluding hydrogens is 371 g/mol. The number of anilines is 1. The minimum absolute atomic E-state index is 0.00359. The number of nitrogens with zero attached hydrogens (tertiary/aromatic N) is 3. The number of aromatic nitrogens is 2. The Morgan fingerprint density at radius 2 is 1.86 bits per heavy atom. The Balaban J connectivity index is 1.42. The average molecular weight is 392 g/mol. The topological polar surface area (TPSA) is 67.2 Å². The molecule has 2 fully saturated rings. The van der Waals surface area contributed by atoms with Gasteiger partial charge in [-0.25, -0.2) is 9.07 Å². The molecule has 3 aromatic rings. The molecule has 7 heteroatoms. The van der Waals surface area contributed by atoms with Gasteiger partial charge in [0.2, 0.25) is 11.8 Å². The molecule has 0 radical (unpaired) electrons. The quantitative estimate of drug-likeness (QED) is 0.742. The summed E-state index contributed by atoms with van der Waals surface area (Å²) in [5.41, 5.74) is 2.43. The number of fused-ring (bicyclic) bond motifs is 1. The van der Waals surface area contributed by atoms with Crippen LogP contribution in [0.3, 0.4) is 0 Å². The zero-order valence-electron chi connectivity index (χ0n) is 16.0. The lowest BCUT2D eigenvalue weighted by atomic mass is 10.1. The van der Waals surface area contributed by atoms with Crippen molar-refractivity contribution < 1.29 is 14.0 Å². The van der Waals surface area contributed by atoms with Crippen molar-refractivity contribution in [1.29, 1.82) is 0 Å². The van der Waals surface area contributed by atoms with E-state index in [2.05, 4.69) is 10.4 Å². The van der Waals surface area contributed by atoms with E-state index in [1.54, 1.807) is 27.9 Å². The number of benzene rings is 2. The first-order valence-electron chi connectivity index (χ1n) is 9.87. The van der Waals surface area contributed by atoms with E-state index in [1.165, 1.54) is 12.1 Å². The molecule has 1 aliphatic carbocycles. The molecule has 1 saturated heterocycles. The number of halogens is 1. The van der Waals surface area contributed by atoms with Gasteiger partial charge in [-0.05, 0) is 62.2 Å². The minimum atomic E-state index is -0.294. The Morgan fingerprint density at radius 1 is 1.14 bits per heavy atom. The van der Waals surface area contributed by atoms with E-state index >= 15 is 0 Å². The molecule has 2 aliphatic rings. The zero-order chi connectivity index (χ0) is 20.1. The van der Waals surface area contributed by atoms with Crippen molar-refractivity contribution in [3.05, 3.63) is 54.5 Å². The summed E-state index contributed by atoms with van der Waals surface area (Å²) in [5.74, 6) is -0.103. The number of hydrogen-bond acceptors (Lipinski definition) is 3. The molecule has 29 heavy (non-hydrogen) atoms. The summed E-state index contributed by atoms with van der Waals surface area (Å²) in [4.78, 5) is 26.5. The molecule has 0 bridgehead atoms. The van der Waals surface area contributed by atoms with Crippen LogP contribution in [0.1, 0.15) is 26.2 Å². The Morgan fingerprint density at radius 3 is 2.59 bits per heavy atom. The molecular formula is C22H21FN4O2. The molecule has 1 N–H and O–H groups in total. The van der Waals surface area contributed by atoms with Crippen LogP contribution in [0.4, 0.5) is 10.1 Å². The first-order chi connectivity index (χ1) is 14.0. The van der Waals surface area contributed by atoms with Gasteiger partial charge >= 0.3 is 0 Å². The van der Waals surface area contributed by atoms with Crippen LogP contribution < -0.4 is 10.2 Å². The Hall–Kier alpha value is -3.22. The molecule has 0 spiro atoms. The predicted molar refractivity (Wildman–Crippen MR) is 107 cm³/mol. The van der Waals surface area contributed by atoms with Crippen LogP contribution in [-0.2, 0) is 9.59 Å². The van der Waals surface area contributed by atoms with E-state index in [9.17, 15) is 14.0 Å². The first kappa shape index (κ1) is 17.8. The summed E-state index contributed by atoms with van der Waals surface area (Å²) in [6, 6.07) is 11.6. The lowest BCUT2D eigenvalue weighted by Crippen LogP contribution is -2.44. The Kier molecular flexibility index (Phi) is 4.12. The van der Waals surface area contributed by atoms with Gasteiger partial charge in [0.1, 0.15) is 5.82 Å². The fraction of sp³-hybridized carbons (Fsp3) is 0.318. The lowest BCUT2D eigenvalue weighted by molar-refractivity contribution is -0.123. The van der Waals surface area contributed by atoms with Crippen LogP contribution in [0, 0.1) is 11.7 Å². The molecule has 2 heterocycles. The molecule has 2 atom stereocenters. The molecule has 1 aliphatic heterocycles. The van der Waals surface area contributed by atoms with E-state index in [-0.39, 0.29) is 35.6 Å². The van der Waals surface area contributed by atoms with Gasteiger partial charge in [-0.1, -0.05) is 0 Å². The van der Waals surface area contributed by atoms with Crippen molar-refractivity contribution in [1.82, 2.24) is 15.1 Å². The van der Waals surface area contributed by atoms with Crippen molar-refractivity contribution in [2.75, 3.05) is 4.90 Å². The smallest absolute Gasteiger partial charge is 0.229 e. The van der Waals surface area contributed by atoms with Crippen molar-refractivity contribution >= 4 is 28.4 Å². The van der Waals surface area contributed by atoms with Gasteiger partial charge in [0.15, 0.2) is 0 Å². The summed E-state index contributed by atoms with van der Waals surface area (Å²) in [6.45, 7) is 1.97. The third kappa shape index (κ3) is 3.16. The molecule has 148 valence electrons. The molecule has 1 aromatic heterocycles. The number of carbonyl (C=O) groups excluding carboxylic acids is 2. The van der Waals surface area contributed by atoms with Crippen LogP contribution in [0.5, 0.6) is 0 Å². The van der Waals surface area contributed by atoms with Gasteiger partial charge in [-0.15, -0.1) is 0 Å². The highest BCUT2D eigenvalue weighted by Crippen LogP contribution is 2.32. The Bertz CT molecular complexity index is 1100. The molecule has 0 unspecified atom stereocenters. The van der Waals surface area contributed by atoms with Gasteiger partial charge in [0.05, 0.1) is 29.5 Å². The van der Waals surface area contributed by atoms with Gasteiger partial charge in [-0.3, -0.25) is 9.59 Å². The maximum absolute atomic E-state index is 13.2. The highest BCUT2D eigenvalue weighted by molar-refractivity contribution is 5.99. The summed E-state index contributed by atoms with van der Waals surface area (Å²) < 4.78 is 14.9. The average Bonchev–Trinajstić information content (AvgIpc) is 3.42. The second kappa shape index (κ2) is 6.69. The number of amides is 2. The SMILES string of the molecule is C[C@H]1[C@H](NC(=O)C2CC2)CC(=O)N1c1ccc2c(cnn2-c2ccc(F)cc2)c1. The maximum Gasteiger partial charge on any atom is 0.229 e. The van der Waals surface area contributed by atoms with Crippen LogP contribution in [0.2, 0.25) is 0 Å². The summed E-state index contributed by atoms with van der Waals surface area (Å²) in [7, 11) is 0. The van der Waals surface area contributed by atoms with Crippen molar-refractivity contribution in [2.24, 2.45) is 5.92 Å². The fourth-order valence-electron chi connectivity index (χ4n) is 4.02. The van der Waals surface area contributed by atoms with Gasteiger partial charge in [-0.2, -0.15) is 5.10 Å². The van der Waals surface area contributed by atoms with Gasteiger partial charge in [0, 0.05) is 23.4 Å². The highest BCUT2D eigenvalue weighted by atomic mass is 19.1. The van der Waals surface area contributed by atoms with Gasteiger partial charge in [0.25, 0.3) is 0 Å². The molecule has 5 rings (SSSR count). The molecule has 1 saturated carbocycles. The molecule has 6 nitrogen and oxygen atoms in total. The summed E-state index contributed by atoms with van der Waals surface area (Å²) >= 11 is 0. The van der Waals surface area contributed by atoms with Crippen molar-refractivity contribution in [2.45, 2.75) is 38.3 Å². The van der Waals surface area contributed by atoms with Gasteiger partial charge < -0.3 is 10.2 Å². The summed E-state index contributed by atoms with van der Waals surface area (Å²) in [5, 5.41) is 8.34. The maximum atomic E-state index is 13.2.